The van der Waals surface area contributed by atoms with E-state index in [0.29, 0.717) is 33.7 Å². The van der Waals surface area contributed by atoms with E-state index in [-0.39, 0.29) is 17.7 Å². The third-order valence-electron chi connectivity index (χ3n) is 4.55. The molecule has 154 valence electrons. The van der Waals surface area contributed by atoms with Crippen LogP contribution >= 0.6 is 0 Å². The van der Waals surface area contributed by atoms with Crippen molar-refractivity contribution in [3.8, 4) is 17.2 Å². The van der Waals surface area contributed by atoms with E-state index in [1.807, 2.05) is 0 Å². The minimum absolute atomic E-state index is 0.00815. The van der Waals surface area contributed by atoms with Gasteiger partial charge in [0.2, 0.25) is 0 Å². The first kappa shape index (κ1) is 20.5. The maximum atomic E-state index is 13.4. The molecule has 0 amide bonds. The molecule has 0 spiro atoms. The maximum absolute atomic E-state index is 13.4. The molecule has 29 heavy (non-hydrogen) atoms. The Hall–Kier alpha value is -3.20. The van der Waals surface area contributed by atoms with Gasteiger partial charge in [0.05, 0.1) is 31.7 Å². The third kappa shape index (κ3) is 4.00. The van der Waals surface area contributed by atoms with Gasteiger partial charge in [0, 0.05) is 36.2 Å². The molecule has 3 rings (SSSR count). The lowest BCUT2D eigenvalue weighted by Gasteiger charge is -2.11. The molecule has 0 aliphatic rings. The molecule has 1 aromatic heterocycles. The largest absolute Gasteiger partial charge is 0.497 e. The molecule has 0 bridgehead atoms. The Balaban J connectivity index is 2.21. The average molecular weight is 419 g/mol. The molecule has 0 aliphatic heterocycles. The van der Waals surface area contributed by atoms with E-state index in [2.05, 4.69) is 0 Å². The van der Waals surface area contributed by atoms with E-state index in [1.165, 1.54) is 39.7 Å². The monoisotopic (exact) mass is 419 g/mol. The van der Waals surface area contributed by atoms with Gasteiger partial charge < -0.3 is 19.3 Å². The molecule has 0 aliphatic carbocycles. The van der Waals surface area contributed by atoms with Crippen LogP contribution in [0.1, 0.15) is 12.0 Å². The summed E-state index contributed by atoms with van der Waals surface area (Å²) in [5.74, 6) is 0.265. The highest BCUT2D eigenvalue weighted by atomic mass is 32.2. The summed E-state index contributed by atoms with van der Waals surface area (Å²) in [5.41, 5.74) is 1.02. The zero-order valence-electron chi connectivity index (χ0n) is 16.2. The number of carboxylic acid groups (broad SMARTS) is 1. The summed E-state index contributed by atoms with van der Waals surface area (Å²) < 4.78 is 43.5. The molecular weight excluding hydrogens is 398 g/mol. The Morgan fingerprint density at radius 2 is 1.59 bits per heavy atom. The predicted octanol–water partition coefficient (Wildman–Crippen LogP) is 2.92. The van der Waals surface area contributed by atoms with Crippen molar-refractivity contribution >= 4 is 26.9 Å². The highest BCUT2D eigenvalue weighted by Gasteiger charge is 2.23. The van der Waals surface area contributed by atoms with Crippen LogP contribution in [0.25, 0.3) is 10.9 Å². The Morgan fingerprint density at radius 3 is 2.14 bits per heavy atom. The number of benzene rings is 2. The predicted molar refractivity (Wildman–Crippen MR) is 107 cm³/mol. The number of hydrogen-bond acceptors (Lipinski definition) is 6. The fourth-order valence-electron chi connectivity index (χ4n) is 3.06. The summed E-state index contributed by atoms with van der Waals surface area (Å²) in [6.45, 7) is 0. The summed E-state index contributed by atoms with van der Waals surface area (Å²) in [5, 5.41) is 9.64. The molecule has 9 heteroatoms. The Kier molecular flexibility index (Phi) is 5.69. The number of nitrogens with zero attached hydrogens (tertiary/aromatic N) is 1. The highest BCUT2D eigenvalue weighted by Crippen LogP contribution is 2.32. The van der Waals surface area contributed by atoms with E-state index in [0.717, 1.165) is 3.97 Å². The van der Waals surface area contributed by atoms with Crippen LogP contribution in [0.15, 0.2) is 47.5 Å². The van der Waals surface area contributed by atoms with Gasteiger partial charge in [-0.15, -0.1) is 0 Å². The van der Waals surface area contributed by atoms with Gasteiger partial charge in [0.15, 0.2) is 0 Å². The lowest BCUT2D eigenvalue weighted by Crippen LogP contribution is -2.12. The minimum atomic E-state index is -4.00. The number of aryl methyl sites for hydroxylation is 1. The number of fused-ring (bicyclic) bond motifs is 1. The van der Waals surface area contributed by atoms with Crippen LogP contribution < -0.4 is 14.2 Å². The summed E-state index contributed by atoms with van der Waals surface area (Å²) >= 11 is 0. The van der Waals surface area contributed by atoms with E-state index in [9.17, 15) is 13.2 Å². The van der Waals surface area contributed by atoms with Crippen molar-refractivity contribution in [2.45, 2.75) is 17.7 Å². The molecule has 0 atom stereocenters. The van der Waals surface area contributed by atoms with E-state index < -0.39 is 16.0 Å². The molecule has 0 fully saturated rings. The van der Waals surface area contributed by atoms with E-state index in [1.54, 1.807) is 24.3 Å². The number of carboxylic acids is 1. The van der Waals surface area contributed by atoms with E-state index in [4.69, 9.17) is 19.3 Å². The second kappa shape index (κ2) is 8.04. The molecule has 0 saturated heterocycles. The molecule has 2 aromatic carbocycles. The summed E-state index contributed by atoms with van der Waals surface area (Å²) in [6.07, 6.45) is 1.51. The number of carbonyl (C=O) groups is 1. The molecule has 3 aromatic rings. The molecule has 0 unspecified atom stereocenters. The molecular formula is C20H21NO7S. The lowest BCUT2D eigenvalue weighted by molar-refractivity contribution is -0.136. The van der Waals surface area contributed by atoms with Gasteiger partial charge >= 0.3 is 5.97 Å². The zero-order valence-corrected chi connectivity index (χ0v) is 17.0. The maximum Gasteiger partial charge on any atom is 0.303 e. The lowest BCUT2D eigenvalue weighted by atomic mass is 10.1. The number of aromatic nitrogens is 1. The molecule has 8 nitrogen and oxygen atoms in total. The van der Waals surface area contributed by atoms with Crippen LogP contribution in [0.4, 0.5) is 0 Å². The van der Waals surface area contributed by atoms with Gasteiger partial charge in [-0.1, -0.05) is 0 Å². The number of rotatable bonds is 8. The molecule has 0 saturated carbocycles. The number of hydrogen-bond donors (Lipinski definition) is 1. The molecule has 1 heterocycles. The Labute approximate surface area is 168 Å². The van der Waals surface area contributed by atoms with Crippen molar-refractivity contribution in [2.24, 2.45) is 0 Å². The van der Waals surface area contributed by atoms with Crippen LogP contribution in [-0.2, 0) is 21.2 Å². The zero-order chi connectivity index (χ0) is 21.2. The standard InChI is InChI=1S/C20H21NO7S/c1-26-14-5-6-19-18(11-14)13(4-7-20(22)23)12-21(19)29(24,25)17-9-15(27-2)8-16(10-17)28-3/h5-6,8-12H,4,7H2,1-3H3,(H,22,23). The van der Waals surface area contributed by atoms with Crippen LogP contribution in [0, 0.1) is 0 Å². The summed E-state index contributed by atoms with van der Waals surface area (Å²) in [6, 6.07) is 9.38. The first-order valence-electron chi connectivity index (χ1n) is 8.68. The highest BCUT2D eigenvalue weighted by molar-refractivity contribution is 7.90. The van der Waals surface area contributed by atoms with Gasteiger partial charge in [-0.05, 0) is 30.2 Å². The average Bonchev–Trinajstić information content (AvgIpc) is 3.10. The van der Waals surface area contributed by atoms with Gasteiger partial charge in [-0.3, -0.25) is 4.79 Å². The van der Waals surface area contributed by atoms with Crippen molar-refractivity contribution in [1.29, 1.82) is 0 Å². The van der Waals surface area contributed by atoms with Crippen LogP contribution in [0.5, 0.6) is 17.2 Å². The number of ether oxygens (including phenoxy) is 3. The first-order valence-corrected chi connectivity index (χ1v) is 10.1. The fourth-order valence-corrected chi connectivity index (χ4v) is 4.50. The Bertz CT molecular complexity index is 1140. The summed E-state index contributed by atoms with van der Waals surface area (Å²) in [7, 11) is 0.383. The van der Waals surface area contributed by atoms with Crippen molar-refractivity contribution < 1.29 is 32.5 Å². The van der Waals surface area contributed by atoms with Crippen LogP contribution in [0.2, 0.25) is 0 Å². The van der Waals surface area contributed by atoms with Gasteiger partial charge in [0.1, 0.15) is 17.2 Å². The molecule has 1 N–H and O–H groups in total. The summed E-state index contributed by atoms with van der Waals surface area (Å²) in [4.78, 5) is 11.0. The normalized spacial score (nSPS) is 11.4. The van der Waals surface area contributed by atoms with Gasteiger partial charge in [-0.2, -0.15) is 0 Å². The SMILES string of the molecule is COc1cc(OC)cc(S(=O)(=O)n2cc(CCC(=O)O)c3cc(OC)ccc32)c1. The topological polar surface area (TPSA) is 104 Å². The van der Waals surface area contributed by atoms with E-state index >= 15 is 0 Å². The quantitative estimate of drug-likeness (QED) is 0.599. The van der Waals surface area contributed by atoms with Crippen LogP contribution in [0.3, 0.4) is 0 Å². The number of aliphatic carboxylic acids is 1. The van der Waals surface area contributed by atoms with Gasteiger partial charge in [0.25, 0.3) is 10.0 Å². The van der Waals surface area contributed by atoms with Crippen LogP contribution in [-0.4, -0.2) is 44.8 Å². The van der Waals surface area contributed by atoms with Crippen molar-refractivity contribution in [3.05, 3.63) is 48.2 Å². The van der Waals surface area contributed by atoms with Crippen molar-refractivity contribution in [1.82, 2.24) is 3.97 Å². The van der Waals surface area contributed by atoms with Crippen molar-refractivity contribution in [3.63, 3.8) is 0 Å². The second-order valence-corrected chi connectivity index (χ2v) is 8.10. The minimum Gasteiger partial charge on any atom is -0.497 e. The van der Waals surface area contributed by atoms with Gasteiger partial charge in [-0.25, -0.2) is 12.4 Å². The fraction of sp³-hybridized carbons (Fsp3) is 0.250. The Morgan fingerprint density at radius 1 is 0.966 bits per heavy atom. The smallest absolute Gasteiger partial charge is 0.303 e. The third-order valence-corrected chi connectivity index (χ3v) is 6.20. The number of methoxy groups -OCH3 is 3. The van der Waals surface area contributed by atoms with Crippen molar-refractivity contribution in [2.75, 3.05) is 21.3 Å². The second-order valence-electron chi connectivity index (χ2n) is 6.28. The first-order chi connectivity index (χ1) is 13.8. The molecule has 0 radical (unpaired) electrons.